The zero-order valence-electron chi connectivity index (χ0n) is 9.02. The second-order valence-electron chi connectivity index (χ2n) is 3.48. The first kappa shape index (κ1) is 14.2. The zero-order valence-corrected chi connectivity index (χ0v) is 13.0. The maximum Gasteiger partial charge on any atom is 0.243 e. The van der Waals surface area contributed by atoms with Crippen LogP contribution in [0.15, 0.2) is 33.6 Å². The molecule has 1 aromatic rings. The Labute approximate surface area is 113 Å². The first-order chi connectivity index (χ1) is 7.39. The highest BCUT2D eigenvalue weighted by atomic mass is 79.9. The van der Waals surface area contributed by atoms with Crippen molar-refractivity contribution in [3.8, 4) is 0 Å². The molecule has 0 N–H and O–H groups in total. The van der Waals surface area contributed by atoms with E-state index in [9.17, 15) is 8.42 Å². The van der Waals surface area contributed by atoms with E-state index in [4.69, 9.17) is 0 Å². The SMILES string of the molecule is CC(CBr)N(C)S(=O)(=O)c1cccc(Br)c1. The highest BCUT2D eigenvalue weighted by Crippen LogP contribution is 2.20. The summed E-state index contributed by atoms with van der Waals surface area (Å²) in [5, 5.41) is 0.608. The summed E-state index contributed by atoms with van der Waals surface area (Å²) in [4.78, 5) is 0.303. The average Bonchev–Trinajstić information content (AvgIpc) is 2.27. The van der Waals surface area contributed by atoms with Gasteiger partial charge in [-0.25, -0.2) is 8.42 Å². The van der Waals surface area contributed by atoms with E-state index < -0.39 is 10.0 Å². The first-order valence-corrected chi connectivity index (χ1v) is 8.04. The molecule has 0 spiro atoms. The Morgan fingerprint density at radius 3 is 2.56 bits per heavy atom. The number of rotatable bonds is 4. The molecule has 0 heterocycles. The molecular formula is C10H13Br2NO2S. The molecule has 1 unspecified atom stereocenters. The van der Waals surface area contributed by atoms with Crippen molar-refractivity contribution in [1.29, 1.82) is 0 Å². The zero-order chi connectivity index (χ0) is 12.3. The molecule has 0 aliphatic heterocycles. The number of hydrogen-bond acceptors (Lipinski definition) is 2. The van der Waals surface area contributed by atoms with Gasteiger partial charge in [-0.05, 0) is 25.1 Å². The quantitative estimate of drug-likeness (QED) is 0.764. The molecule has 0 saturated carbocycles. The molecule has 0 bridgehead atoms. The standard InChI is InChI=1S/C10H13Br2NO2S/c1-8(7-11)13(2)16(14,15)10-5-3-4-9(12)6-10/h3-6,8H,7H2,1-2H3. The second-order valence-corrected chi connectivity index (χ2v) is 7.04. The molecule has 0 radical (unpaired) electrons. The predicted octanol–water partition coefficient (Wildman–Crippen LogP) is 2.85. The predicted molar refractivity (Wildman–Crippen MR) is 72.3 cm³/mol. The van der Waals surface area contributed by atoms with E-state index in [1.807, 2.05) is 6.92 Å². The molecule has 3 nitrogen and oxygen atoms in total. The number of sulfonamides is 1. The van der Waals surface area contributed by atoms with Crippen LogP contribution in [0.25, 0.3) is 0 Å². The Bertz CT molecular complexity index is 462. The fourth-order valence-corrected chi connectivity index (χ4v) is 3.71. The minimum absolute atomic E-state index is 0.0796. The fourth-order valence-electron chi connectivity index (χ4n) is 1.13. The van der Waals surface area contributed by atoms with Crippen LogP contribution in [0, 0.1) is 0 Å². The monoisotopic (exact) mass is 369 g/mol. The molecule has 0 saturated heterocycles. The van der Waals surface area contributed by atoms with Gasteiger partial charge in [-0.1, -0.05) is 37.9 Å². The lowest BCUT2D eigenvalue weighted by Gasteiger charge is -2.22. The molecule has 0 aliphatic rings. The van der Waals surface area contributed by atoms with E-state index in [1.165, 1.54) is 4.31 Å². The molecule has 1 aromatic carbocycles. The topological polar surface area (TPSA) is 37.4 Å². The van der Waals surface area contributed by atoms with E-state index in [0.717, 1.165) is 4.47 Å². The summed E-state index contributed by atoms with van der Waals surface area (Å²) in [5.41, 5.74) is 0. The summed E-state index contributed by atoms with van der Waals surface area (Å²) < 4.78 is 26.5. The number of halogens is 2. The van der Waals surface area contributed by atoms with Crippen LogP contribution in [0.5, 0.6) is 0 Å². The van der Waals surface area contributed by atoms with Crippen LogP contribution in [-0.2, 0) is 10.0 Å². The van der Waals surface area contributed by atoms with Crippen molar-refractivity contribution in [2.75, 3.05) is 12.4 Å². The molecular weight excluding hydrogens is 358 g/mol. The van der Waals surface area contributed by atoms with Crippen LogP contribution in [0.4, 0.5) is 0 Å². The third-order valence-electron chi connectivity index (χ3n) is 2.32. The van der Waals surface area contributed by atoms with Gasteiger partial charge in [0.05, 0.1) is 4.90 Å². The molecule has 6 heteroatoms. The smallest absolute Gasteiger partial charge is 0.207 e. The van der Waals surface area contributed by atoms with E-state index in [2.05, 4.69) is 31.9 Å². The van der Waals surface area contributed by atoms with Crippen molar-refractivity contribution < 1.29 is 8.42 Å². The normalized spacial score (nSPS) is 14.1. The summed E-state index contributed by atoms with van der Waals surface area (Å²) in [6.45, 7) is 1.85. The summed E-state index contributed by atoms with van der Waals surface area (Å²) in [7, 11) is -1.81. The number of hydrogen-bond donors (Lipinski definition) is 0. The van der Waals surface area contributed by atoms with E-state index in [0.29, 0.717) is 10.2 Å². The van der Waals surface area contributed by atoms with Gasteiger partial charge in [-0.15, -0.1) is 0 Å². The van der Waals surface area contributed by atoms with Gasteiger partial charge < -0.3 is 0 Å². The molecule has 16 heavy (non-hydrogen) atoms. The number of alkyl halides is 1. The van der Waals surface area contributed by atoms with Gasteiger partial charge in [0.2, 0.25) is 10.0 Å². The third kappa shape index (κ3) is 3.06. The summed E-state index contributed by atoms with van der Waals surface area (Å²) in [6, 6.07) is 6.63. The minimum atomic E-state index is -3.40. The largest absolute Gasteiger partial charge is 0.243 e. The van der Waals surface area contributed by atoms with Crippen molar-refractivity contribution in [3.05, 3.63) is 28.7 Å². The molecule has 0 amide bonds. The lowest BCUT2D eigenvalue weighted by atomic mass is 10.4. The Balaban J connectivity index is 3.12. The first-order valence-electron chi connectivity index (χ1n) is 4.69. The molecule has 0 aliphatic carbocycles. The van der Waals surface area contributed by atoms with Crippen LogP contribution in [-0.4, -0.2) is 31.1 Å². The van der Waals surface area contributed by atoms with Crippen molar-refractivity contribution in [1.82, 2.24) is 4.31 Å². The van der Waals surface area contributed by atoms with Gasteiger partial charge in [0.1, 0.15) is 0 Å². The third-order valence-corrected chi connectivity index (χ3v) is 5.72. The lowest BCUT2D eigenvalue weighted by molar-refractivity contribution is 0.416. The maximum atomic E-state index is 12.2. The van der Waals surface area contributed by atoms with Gasteiger partial charge in [0, 0.05) is 22.9 Å². The van der Waals surface area contributed by atoms with E-state index in [1.54, 1.807) is 31.3 Å². The second kappa shape index (κ2) is 5.62. The summed E-state index contributed by atoms with van der Waals surface area (Å²) >= 11 is 6.55. The van der Waals surface area contributed by atoms with Crippen molar-refractivity contribution in [2.24, 2.45) is 0 Å². The lowest BCUT2D eigenvalue weighted by Crippen LogP contribution is -2.36. The molecule has 1 atom stereocenters. The van der Waals surface area contributed by atoms with E-state index >= 15 is 0 Å². The maximum absolute atomic E-state index is 12.2. The van der Waals surface area contributed by atoms with Gasteiger partial charge >= 0.3 is 0 Å². The van der Waals surface area contributed by atoms with Crippen LogP contribution in [0.1, 0.15) is 6.92 Å². The molecule has 1 rings (SSSR count). The fraction of sp³-hybridized carbons (Fsp3) is 0.400. The summed E-state index contributed by atoms with van der Waals surface area (Å²) in [5.74, 6) is 0. The Morgan fingerprint density at radius 2 is 2.06 bits per heavy atom. The average molecular weight is 371 g/mol. The van der Waals surface area contributed by atoms with Gasteiger partial charge in [-0.3, -0.25) is 0 Å². The van der Waals surface area contributed by atoms with Crippen LogP contribution >= 0.6 is 31.9 Å². The van der Waals surface area contributed by atoms with Gasteiger partial charge in [0.15, 0.2) is 0 Å². The van der Waals surface area contributed by atoms with Gasteiger partial charge in [-0.2, -0.15) is 4.31 Å². The Kier molecular flexibility index (Phi) is 4.97. The minimum Gasteiger partial charge on any atom is -0.207 e. The van der Waals surface area contributed by atoms with Crippen molar-refractivity contribution in [2.45, 2.75) is 17.9 Å². The Hall–Kier alpha value is 0.0900. The number of benzene rings is 1. The van der Waals surface area contributed by atoms with Crippen molar-refractivity contribution in [3.63, 3.8) is 0 Å². The van der Waals surface area contributed by atoms with Crippen LogP contribution in [0.3, 0.4) is 0 Å². The number of nitrogens with zero attached hydrogens (tertiary/aromatic N) is 1. The van der Waals surface area contributed by atoms with Gasteiger partial charge in [0.25, 0.3) is 0 Å². The van der Waals surface area contributed by atoms with Crippen LogP contribution in [0.2, 0.25) is 0 Å². The highest BCUT2D eigenvalue weighted by molar-refractivity contribution is 9.10. The summed E-state index contributed by atoms with van der Waals surface area (Å²) in [6.07, 6.45) is 0. The van der Waals surface area contributed by atoms with Crippen LogP contribution < -0.4 is 0 Å². The molecule has 0 fully saturated rings. The van der Waals surface area contributed by atoms with Crippen molar-refractivity contribution >= 4 is 41.9 Å². The highest BCUT2D eigenvalue weighted by Gasteiger charge is 2.24. The molecule has 0 aromatic heterocycles. The Morgan fingerprint density at radius 1 is 1.44 bits per heavy atom. The van der Waals surface area contributed by atoms with E-state index in [-0.39, 0.29) is 6.04 Å². The molecule has 90 valence electrons.